The molecule has 2 nitrogen and oxygen atoms in total. The summed E-state index contributed by atoms with van der Waals surface area (Å²) in [6, 6.07) is 0. The molecule has 0 aromatic heterocycles. The molecule has 1 unspecified atom stereocenters. The summed E-state index contributed by atoms with van der Waals surface area (Å²) in [4.78, 5) is 0. The third-order valence-electron chi connectivity index (χ3n) is 2.13. The average molecular weight is 155 g/mol. The summed E-state index contributed by atoms with van der Waals surface area (Å²) in [5.74, 6) is 0. The van der Waals surface area contributed by atoms with Gasteiger partial charge in [0.05, 0.1) is 12.7 Å². The maximum atomic E-state index is 5.52. The van der Waals surface area contributed by atoms with Gasteiger partial charge in [0.1, 0.15) is 0 Å². The predicted molar refractivity (Wildman–Crippen MR) is 46.4 cm³/mol. The largest absolute Gasteiger partial charge is 0.378 e. The van der Waals surface area contributed by atoms with E-state index < -0.39 is 0 Å². The standard InChI is InChI=1S/C9H17NO/c1-2-9-7-8(3-5-10)4-6-11-9/h3,9H,2,4-7,10H2,1H3. The Hall–Kier alpha value is -0.340. The molecule has 11 heavy (non-hydrogen) atoms. The maximum absolute atomic E-state index is 5.52. The van der Waals surface area contributed by atoms with Crippen LogP contribution >= 0.6 is 0 Å². The van der Waals surface area contributed by atoms with Crippen molar-refractivity contribution in [2.75, 3.05) is 13.2 Å². The first-order valence-electron chi connectivity index (χ1n) is 4.36. The van der Waals surface area contributed by atoms with Crippen molar-refractivity contribution < 1.29 is 4.74 Å². The summed E-state index contributed by atoms with van der Waals surface area (Å²) in [7, 11) is 0. The van der Waals surface area contributed by atoms with E-state index in [2.05, 4.69) is 13.0 Å². The molecule has 0 aliphatic carbocycles. The highest BCUT2D eigenvalue weighted by atomic mass is 16.5. The van der Waals surface area contributed by atoms with E-state index in [0.29, 0.717) is 12.6 Å². The molecule has 0 aromatic carbocycles. The Bertz CT molecular complexity index is 142. The molecule has 1 atom stereocenters. The quantitative estimate of drug-likeness (QED) is 0.613. The van der Waals surface area contributed by atoms with Gasteiger partial charge in [0.15, 0.2) is 0 Å². The zero-order chi connectivity index (χ0) is 8.10. The van der Waals surface area contributed by atoms with Crippen molar-refractivity contribution in [1.29, 1.82) is 0 Å². The maximum Gasteiger partial charge on any atom is 0.0609 e. The second-order valence-corrected chi connectivity index (χ2v) is 2.95. The van der Waals surface area contributed by atoms with E-state index in [0.717, 1.165) is 25.9 Å². The van der Waals surface area contributed by atoms with Crippen molar-refractivity contribution in [2.45, 2.75) is 32.3 Å². The minimum Gasteiger partial charge on any atom is -0.378 e. The second-order valence-electron chi connectivity index (χ2n) is 2.95. The van der Waals surface area contributed by atoms with Gasteiger partial charge in [-0.2, -0.15) is 0 Å². The van der Waals surface area contributed by atoms with Gasteiger partial charge in [0.2, 0.25) is 0 Å². The fraction of sp³-hybridized carbons (Fsp3) is 0.778. The lowest BCUT2D eigenvalue weighted by Gasteiger charge is -2.23. The lowest BCUT2D eigenvalue weighted by atomic mass is 10.0. The van der Waals surface area contributed by atoms with Crippen LogP contribution in [0.2, 0.25) is 0 Å². The highest BCUT2D eigenvalue weighted by molar-refractivity contribution is 5.06. The summed E-state index contributed by atoms with van der Waals surface area (Å²) in [5, 5.41) is 0. The Morgan fingerprint density at radius 3 is 3.18 bits per heavy atom. The molecule has 64 valence electrons. The predicted octanol–water partition coefficient (Wildman–Crippen LogP) is 1.46. The first-order valence-corrected chi connectivity index (χ1v) is 4.36. The Kier molecular flexibility index (Phi) is 3.60. The van der Waals surface area contributed by atoms with Crippen molar-refractivity contribution in [1.82, 2.24) is 0 Å². The van der Waals surface area contributed by atoms with Crippen LogP contribution in [0.5, 0.6) is 0 Å². The van der Waals surface area contributed by atoms with Crippen LogP contribution in [0.15, 0.2) is 11.6 Å². The van der Waals surface area contributed by atoms with E-state index in [1.807, 2.05) is 0 Å². The van der Waals surface area contributed by atoms with Gasteiger partial charge in [0.25, 0.3) is 0 Å². The molecule has 2 heteroatoms. The monoisotopic (exact) mass is 155 g/mol. The van der Waals surface area contributed by atoms with Crippen LogP contribution in [0, 0.1) is 0 Å². The van der Waals surface area contributed by atoms with Crippen LogP contribution in [0.4, 0.5) is 0 Å². The van der Waals surface area contributed by atoms with Crippen molar-refractivity contribution in [3.8, 4) is 0 Å². The Balaban J connectivity index is 2.39. The van der Waals surface area contributed by atoms with Crippen LogP contribution < -0.4 is 5.73 Å². The fourth-order valence-electron chi connectivity index (χ4n) is 1.42. The summed E-state index contributed by atoms with van der Waals surface area (Å²) in [5.41, 5.74) is 6.91. The lowest BCUT2D eigenvalue weighted by molar-refractivity contribution is 0.0336. The molecule has 0 radical (unpaired) electrons. The fourth-order valence-corrected chi connectivity index (χ4v) is 1.42. The molecule has 2 N–H and O–H groups in total. The average Bonchev–Trinajstić information content (AvgIpc) is 2.06. The first kappa shape index (κ1) is 8.75. The van der Waals surface area contributed by atoms with Crippen molar-refractivity contribution in [3.63, 3.8) is 0 Å². The molecular formula is C9H17NO. The third kappa shape index (κ3) is 2.64. The van der Waals surface area contributed by atoms with Crippen LogP contribution in [0.3, 0.4) is 0 Å². The van der Waals surface area contributed by atoms with Gasteiger partial charge in [-0.3, -0.25) is 0 Å². The van der Waals surface area contributed by atoms with E-state index in [1.54, 1.807) is 0 Å². The molecule has 1 rings (SSSR count). The second kappa shape index (κ2) is 4.52. The summed E-state index contributed by atoms with van der Waals surface area (Å²) < 4.78 is 5.52. The molecule has 1 aliphatic heterocycles. The van der Waals surface area contributed by atoms with Gasteiger partial charge >= 0.3 is 0 Å². The number of rotatable bonds is 2. The molecule has 1 heterocycles. The minimum absolute atomic E-state index is 0.446. The highest BCUT2D eigenvalue weighted by Crippen LogP contribution is 2.20. The molecule has 1 fully saturated rings. The van der Waals surface area contributed by atoms with Gasteiger partial charge in [-0.1, -0.05) is 18.6 Å². The molecule has 0 saturated carbocycles. The van der Waals surface area contributed by atoms with Crippen LogP contribution in [0.1, 0.15) is 26.2 Å². The molecule has 1 saturated heterocycles. The molecular weight excluding hydrogens is 138 g/mol. The summed E-state index contributed by atoms with van der Waals surface area (Å²) in [6.07, 6.45) is 5.86. The Morgan fingerprint density at radius 1 is 1.73 bits per heavy atom. The van der Waals surface area contributed by atoms with Gasteiger partial charge in [-0.15, -0.1) is 0 Å². The van der Waals surface area contributed by atoms with E-state index in [1.165, 1.54) is 5.57 Å². The highest BCUT2D eigenvalue weighted by Gasteiger charge is 2.14. The lowest BCUT2D eigenvalue weighted by Crippen LogP contribution is -2.20. The van der Waals surface area contributed by atoms with Crippen molar-refractivity contribution in [3.05, 3.63) is 11.6 Å². The van der Waals surface area contributed by atoms with Gasteiger partial charge in [-0.05, 0) is 19.3 Å². The van der Waals surface area contributed by atoms with Crippen molar-refractivity contribution in [2.24, 2.45) is 5.73 Å². The summed E-state index contributed by atoms with van der Waals surface area (Å²) in [6.45, 7) is 3.71. The number of hydrogen-bond acceptors (Lipinski definition) is 2. The third-order valence-corrected chi connectivity index (χ3v) is 2.13. The normalized spacial score (nSPS) is 29.3. The number of hydrogen-bond donors (Lipinski definition) is 1. The van der Waals surface area contributed by atoms with E-state index in [9.17, 15) is 0 Å². The van der Waals surface area contributed by atoms with E-state index in [-0.39, 0.29) is 0 Å². The van der Waals surface area contributed by atoms with E-state index >= 15 is 0 Å². The van der Waals surface area contributed by atoms with Crippen molar-refractivity contribution >= 4 is 0 Å². The zero-order valence-electron chi connectivity index (χ0n) is 7.18. The van der Waals surface area contributed by atoms with Gasteiger partial charge in [0, 0.05) is 6.54 Å². The van der Waals surface area contributed by atoms with Gasteiger partial charge in [-0.25, -0.2) is 0 Å². The molecule has 0 amide bonds. The topological polar surface area (TPSA) is 35.2 Å². The Labute approximate surface area is 68.4 Å². The Morgan fingerprint density at radius 2 is 2.55 bits per heavy atom. The van der Waals surface area contributed by atoms with Crippen LogP contribution in [0.25, 0.3) is 0 Å². The smallest absolute Gasteiger partial charge is 0.0609 e. The molecule has 0 spiro atoms. The molecule has 1 aliphatic rings. The molecule has 0 aromatic rings. The number of ether oxygens (including phenoxy) is 1. The zero-order valence-corrected chi connectivity index (χ0v) is 7.18. The molecule has 0 bridgehead atoms. The summed E-state index contributed by atoms with van der Waals surface area (Å²) >= 11 is 0. The van der Waals surface area contributed by atoms with Gasteiger partial charge < -0.3 is 10.5 Å². The van der Waals surface area contributed by atoms with Crippen LogP contribution in [-0.4, -0.2) is 19.3 Å². The van der Waals surface area contributed by atoms with Crippen LogP contribution in [-0.2, 0) is 4.74 Å². The SMILES string of the molecule is CCC1CC(=CCN)CCO1. The van der Waals surface area contributed by atoms with E-state index in [4.69, 9.17) is 10.5 Å². The number of nitrogens with two attached hydrogens (primary N) is 1. The minimum atomic E-state index is 0.446. The first-order chi connectivity index (χ1) is 5.36.